The van der Waals surface area contributed by atoms with Crippen molar-refractivity contribution in [3.05, 3.63) is 29.3 Å². The summed E-state index contributed by atoms with van der Waals surface area (Å²) in [6, 6.07) is 4.48. The third-order valence-electron chi connectivity index (χ3n) is 4.77. The molecule has 2 heterocycles. The molecule has 2 unspecified atom stereocenters. The highest BCUT2D eigenvalue weighted by atomic mass is 32.2. The number of benzene rings is 1. The Balaban J connectivity index is 1.72. The average molecular weight is 363 g/mol. The van der Waals surface area contributed by atoms with Gasteiger partial charge in [0.2, 0.25) is 5.91 Å². The molecule has 6 nitrogen and oxygen atoms in total. The molecule has 0 radical (unpaired) electrons. The maximum Gasteiger partial charge on any atom is 0.330 e. The molecule has 7 heteroatoms. The highest BCUT2D eigenvalue weighted by molar-refractivity contribution is 8.01. The first kappa shape index (κ1) is 17.8. The van der Waals surface area contributed by atoms with E-state index in [1.54, 1.807) is 34.9 Å². The molecule has 1 amide bonds. The summed E-state index contributed by atoms with van der Waals surface area (Å²) in [6.07, 6.45) is 1.23. The number of fused-ring (bicyclic) bond motifs is 1. The Bertz CT molecular complexity index is 734. The summed E-state index contributed by atoms with van der Waals surface area (Å²) in [7, 11) is 1.52. The van der Waals surface area contributed by atoms with Gasteiger partial charge in [0.1, 0.15) is 18.4 Å². The summed E-state index contributed by atoms with van der Waals surface area (Å²) in [4.78, 5) is 37.6. The average Bonchev–Trinajstić information content (AvgIpc) is 3.08. The highest BCUT2D eigenvalue weighted by Gasteiger charge is 2.53. The minimum absolute atomic E-state index is 0.00301. The van der Waals surface area contributed by atoms with Crippen LogP contribution in [0.5, 0.6) is 5.75 Å². The summed E-state index contributed by atoms with van der Waals surface area (Å²) < 4.78 is 10.7. The molecule has 2 saturated heterocycles. The lowest BCUT2D eigenvalue weighted by Gasteiger charge is -2.29. The van der Waals surface area contributed by atoms with Gasteiger partial charge in [-0.2, -0.15) is 0 Å². The lowest BCUT2D eigenvalue weighted by atomic mass is 10.1. The largest absolute Gasteiger partial charge is 0.496 e. The van der Waals surface area contributed by atoms with Crippen molar-refractivity contribution in [3.8, 4) is 5.75 Å². The Kier molecular flexibility index (Phi) is 4.77. The van der Waals surface area contributed by atoms with Crippen molar-refractivity contribution in [1.29, 1.82) is 0 Å². The molecular weight excluding hydrogens is 342 g/mol. The van der Waals surface area contributed by atoms with Crippen LogP contribution in [0.2, 0.25) is 0 Å². The third kappa shape index (κ3) is 3.25. The van der Waals surface area contributed by atoms with E-state index in [4.69, 9.17) is 9.47 Å². The molecule has 2 fully saturated rings. The Morgan fingerprint density at radius 2 is 2.16 bits per heavy atom. The molecule has 2 aliphatic heterocycles. The van der Waals surface area contributed by atoms with Gasteiger partial charge in [0.05, 0.1) is 12.0 Å². The van der Waals surface area contributed by atoms with E-state index in [1.165, 1.54) is 14.0 Å². The molecule has 0 aliphatic carbocycles. The van der Waals surface area contributed by atoms with Crippen LogP contribution in [-0.2, 0) is 20.9 Å². The number of esters is 1. The molecule has 134 valence electrons. The summed E-state index contributed by atoms with van der Waals surface area (Å²) in [5.74, 6) is 0.625. The van der Waals surface area contributed by atoms with Crippen LogP contribution < -0.4 is 4.74 Å². The number of hydrogen-bond acceptors (Lipinski definition) is 6. The quantitative estimate of drug-likeness (QED) is 0.591. The maximum atomic E-state index is 12.5. The summed E-state index contributed by atoms with van der Waals surface area (Å²) in [6.45, 7) is 3.48. The van der Waals surface area contributed by atoms with Gasteiger partial charge in [-0.05, 0) is 38.5 Å². The van der Waals surface area contributed by atoms with Gasteiger partial charge in [-0.15, -0.1) is 11.8 Å². The molecule has 2 atom stereocenters. The van der Waals surface area contributed by atoms with Crippen molar-refractivity contribution in [2.75, 3.05) is 12.9 Å². The van der Waals surface area contributed by atoms with Crippen molar-refractivity contribution < 1.29 is 23.9 Å². The summed E-state index contributed by atoms with van der Waals surface area (Å²) >= 11 is 1.63. The van der Waals surface area contributed by atoms with Gasteiger partial charge in [-0.3, -0.25) is 9.59 Å². The fraction of sp³-hybridized carbons (Fsp3) is 0.500. The first-order chi connectivity index (χ1) is 11.9. The second kappa shape index (κ2) is 6.71. The molecule has 1 aromatic carbocycles. The van der Waals surface area contributed by atoms with Gasteiger partial charge in [0.15, 0.2) is 5.78 Å². The number of thioether (sulfide) groups is 1. The van der Waals surface area contributed by atoms with Crippen molar-refractivity contribution in [2.45, 2.75) is 44.2 Å². The van der Waals surface area contributed by atoms with Gasteiger partial charge < -0.3 is 14.4 Å². The molecule has 0 aromatic heterocycles. The summed E-state index contributed by atoms with van der Waals surface area (Å²) in [5, 5.41) is 0. The van der Waals surface area contributed by atoms with E-state index in [9.17, 15) is 14.4 Å². The first-order valence-corrected chi connectivity index (χ1v) is 9.15. The number of carbonyl (C=O) groups excluding carboxylic acids is 3. The van der Waals surface area contributed by atoms with Gasteiger partial charge in [-0.25, -0.2) is 4.79 Å². The molecule has 3 rings (SSSR count). The van der Waals surface area contributed by atoms with Crippen molar-refractivity contribution in [1.82, 2.24) is 4.90 Å². The molecule has 0 spiro atoms. The fourth-order valence-corrected chi connectivity index (χ4v) is 4.77. The second-order valence-electron chi connectivity index (χ2n) is 6.46. The fourth-order valence-electron chi connectivity index (χ4n) is 3.35. The number of methoxy groups -OCH3 is 1. The lowest BCUT2D eigenvalue weighted by molar-refractivity contribution is -0.154. The molecule has 0 bridgehead atoms. The van der Waals surface area contributed by atoms with Gasteiger partial charge in [-0.1, -0.05) is 0 Å². The number of rotatable bonds is 5. The minimum Gasteiger partial charge on any atom is -0.496 e. The number of hydrogen-bond donors (Lipinski definition) is 0. The number of carbonyl (C=O) groups is 3. The third-order valence-corrected chi connectivity index (χ3v) is 6.28. The SMILES string of the molecule is COc1ccc(C(C)=O)cc1COC(=O)C1CSC2(C)CCC(=O)N12. The predicted octanol–water partition coefficient (Wildman–Crippen LogP) is 2.40. The number of ether oxygens (including phenoxy) is 2. The maximum absolute atomic E-state index is 12.5. The van der Waals surface area contributed by atoms with Crippen LogP contribution in [-0.4, -0.2) is 46.3 Å². The zero-order chi connectivity index (χ0) is 18.2. The molecule has 2 aliphatic rings. The zero-order valence-corrected chi connectivity index (χ0v) is 15.4. The predicted molar refractivity (Wildman–Crippen MR) is 93.5 cm³/mol. The van der Waals surface area contributed by atoms with E-state index in [-0.39, 0.29) is 23.2 Å². The standard InChI is InChI=1S/C18H21NO5S/c1-11(20)12-4-5-15(23-3)13(8-12)9-24-17(22)14-10-25-18(2)7-6-16(21)19(14)18/h4-5,8,14H,6-7,9-10H2,1-3H3. The molecule has 0 N–H and O–H groups in total. The molecule has 0 saturated carbocycles. The Hall–Kier alpha value is -2.02. The Morgan fingerprint density at radius 3 is 2.84 bits per heavy atom. The van der Waals surface area contributed by atoms with Crippen LogP contribution >= 0.6 is 11.8 Å². The van der Waals surface area contributed by atoms with E-state index in [0.29, 0.717) is 29.1 Å². The van der Waals surface area contributed by atoms with Crippen LogP contribution in [0.15, 0.2) is 18.2 Å². The monoisotopic (exact) mass is 363 g/mol. The lowest BCUT2D eigenvalue weighted by Crippen LogP contribution is -2.46. The minimum atomic E-state index is -0.549. The Morgan fingerprint density at radius 1 is 1.40 bits per heavy atom. The van der Waals surface area contributed by atoms with Crippen LogP contribution in [0.3, 0.4) is 0 Å². The zero-order valence-electron chi connectivity index (χ0n) is 14.5. The van der Waals surface area contributed by atoms with E-state index in [0.717, 1.165) is 6.42 Å². The van der Waals surface area contributed by atoms with Crippen LogP contribution in [0.4, 0.5) is 0 Å². The van der Waals surface area contributed by atoms with Crippen LogP contribution in [0.1, 0.15) is 42.6 Å². The van der Waals surface area contributed by atoms with E-state index < -0.39 is 12.0 Å². The van der Waals surface area contributed by atoms with Crippen molar-refractivity contribution in [2.24, 2.45) is 0 Å². The van der Waals surface area contributed by atoms with E-state index in [2.05, 4.69) is 0 Å². The number of amides is 1. The van der Waals surface area contributed by atoms with E-state index in [1.807, 2.05) is 6.92 Å². The number of ketones is 1. The van der Waals surface area contributed by atoms with E-state index >= 15 is 0 Å². The summed E-state index contributed by atoms with van der Waals surface area (Å²) in [5.41, 5.74) is 1.16. The van der Waals surface area contributed by atoms with Gasteiger partial charge in [0.25, 0.3) is 0 Å². The molecule has 1 aromatic rings. The van der Waals surface area contributed by atoms with Crippen LogP contribution in [0, 0.1) is 0 Å². The van der Waals surface area contributed by atoms with Gasteiger partial charge in [0, 0.05) is 23.3 Å². The number of nitrogens with zero attached hydrogens (tertiary/aromatic N) is 1. The smallest absolute Gasteiger partial charge is 0.330 e. The first-order valence-electron chi connectivity index (χ1n) is 8.16. The highest BCUT2D eigenvalue weighted by Crippen LogP contribution is 2.47. The molecule has 25 heavy (non-hydrogen) atoms. The van der Waals surface area contributed by atoms with Crippen LogP contribution in [0.25, 0.3) is 0 Å². The topological polar surface area (TPSA) is 72.9 Å². The van der Waals surface area contributed by atoms with Gasteiger partial charge >= 0.3 is 5.97 Å². The molecular formula is C18H21NO5S. The normalized spacial score (nSPS) is 25.0. The van der Waals surface area contributed by atoms with Crippen molar-refractivity contribution >= 4 is 29.4 Å². The number of Topliss-reactive ketones (excluding diaryl/α,β-unsaturated/α-hetero) is 1. The van der Waals surface area contributed by atoms with Crippen molar-refractivity contribution in [3.63, 3.8) is 0 Å². The second-order valence-corrected chi connectivity index (χ2v) is 7.96. The Labute approximate surface area is 150 Å².